The van der Waals surface area contributed by atoms with Gasteiger partial charge >= 0.3 is 5.97 Å². The first-order chi connectivity index (χ1) is 11.3. The molecule has 24 heavy (non-hydrogen) atoms. The highest BCUT2D eigenvalue weighted by Crippen LogP contribution is 2.36. The molecule has 0 spiro atoms. The normalized spacial score (nSPS) is 11.7. The summed E-state index contributed by atoms with van der Waals surface area (Å²) in [7, 11) is 0. The molecule has 1 aromatic carbocycles. The van der Waals surface area contributed by atoms with Crippen LogP contribution in [0.25, 0.3) is 0 Å². The molecule has 1 heterocycles. The van der Waals surface area contributed by atoms with Crippen molar-refractivity contribution in [1.82, 2.24) is 4.98 Å². The predicted octanol–water partition coefficient (Wildman–Crippen LogP) is 4.09. The summed E-state index contributed by atoms with van der Waals surface area (Å²) in [5.74, 6) is -1.73. The Labute approximate surface area is 145 Å². The second kappa shape index (κ2) is 7.41. The summed E-state index contributed by atoms with van der Waals surface area (Å²) >= 11 is 11.9. The molecule has 0 aliphatic carbocycles. The van der Waals surface area contributed by atoms with Crippen molar-refractivity contribution in [2.45, 2.75) is 13.0 Å². The maximum Gasteiger partial charge on any atom is 0.370 e. The Morgan fingerprint density at radius 2 is 2.12 bits per heavy atom. The van der Waals surface area contributed by atoms with Crippen LogP contribution in [-0.4, -0.2) is 11.0 Å². The Bertz CT molecular complexity index is 804. The van der Waals surface area contributed by atoms with Gasteiger partial charge in [-0.2, -0.15) is 0 Å². The predicted molar refractivity (Wildman–Crippen MR) is 85.3 cm³/mol. The van der Waals surface area contributed by atoms with Gasteiger partial charge in [-0.25, -0.2) is 14.2 Å². The van der Waals surface area contributed by atoms with Crippen LogP contribution < -0.4 is 10.5 Å². The fraction of sp³-hybridized carbons (Fsp3) is 0.143. The molecular weight excluding hydrogens is 364 g/mol. The molecular formula is C14H10Cl2FN3O4. The number of aromatic nitrogens is 1. The zero-order valence-corrected chi connectivity index (χ0v) is 13.6. The first-order valence-electron chi connectivity index (χ1n) is 6.44. The molecule has 2 N–H and O–H groups in total. The van der Waals surface area contributed by atoms with Gasteiger partial charge in [0.2, 0.25) is 0 Å². The maximum atomic E-state index is 13.6. The molecule has 0 fully saturated rings. The SMILES string of the molecule is CC(Oc1cc(C(=O)ON=O)cnc1N)c1c(Cl)ccc(F)c1Cl. The summed E-state index contributed by atoms with van der Waals surface area (Å²) in [6.45, 7) is 1.56. The number of anilines is 1. The highest BCUT2D eigenvalue weighted by Gasteiger charge is 2.21. The van der Waals surface area contributed by atoms with E-state index in [1.165, 1.54) is 12.1 Å². The fourth-order valence-electron chi connectivity index (χ4n) is 1.91. The second-order valence-corrected chi connectivity index (χ2v) is 5.36. The van der Waals surface area contributed by atoms with E-state index in [0.29, 0.717) is 0 Å². The van der Waals surface area contributed by atoms with Gasteiger partial charge in [-0.1, -0.05) is 23.2 Å². The van der Waals surface area contributed by atoms with Crippen molar-refractivity contribution in [2.24, 2.45) is 5.34 Å². The van der Waals surface area contributed by atoms with E-state index in [-0.39, 0.29) is 32.7 Å². The van der Waals surface area contributed by atoms with Crippen LogP contribution >= 0.6 is 23.2 Å². The summed E-state index contributed by atoms with van der Waals surface area (Å²) in [6.07, 6.45) is 0.281. The number of halogens is 3. The van der Waals surface area contributed by atoms with Gasteiger partial charge in [-0.15, -0.1) is 4.91 Å². The molecule has 0 saturated heterocycles. The first kappa shape index (κ1) is 17.9. The maximum absolute atomic E-state index is 13.6. The topological polar surface area (TPSA) is 104 Å². The van der Waals surface area contributed by atoms with Crippen LogP contribution in [0.3, 0.4) is 0 Å². The van der Waals surface area contributed by atoms with Crippen LogP contribution in [0.4, 0.5) is 10.2 Å². The Balaban J connectivity index is 2.34. The molecule has 2 aromatic rings. The number of nitrogens with two attached hydrogens (primary N) is 1. The number of ether oxygens (including phenoxy) is 1. The molecule has 1 aromatic heterocycles. The lowest BCUT2D eigenvalue weighted by Gasteiger charge is -2.19. The number of carbonyl (C=O) groups is 1. The minimum atomic E-state index is -1.03. The lowest BCUT2D eigenvalue weighted by molar-refractivity contribution is 0.0507. The van der Waals surface area contributed by atoms with Crippen molar-refractivity contribution >= 4 is 35.0 Å². The van der Waals surface area contributed by atoms with Crippen LogP contribution in [0.2, 0.25) is 10.0 Å². The van der Waals surface area contributed by atoms with Gasteiger partial charge in [0.05, 0.1) is 10.6 Å². The zero-order chi connectivity index (χ0) is 17.9. The van der Waals surface area contributed by atoms with E-state index >= 15 is 0 Å². The fourth-order valence-corrected chi connectivity index (χ4v) is 2.59. The van der Waals surface area contributed by atoms with E-state index in [2.05, 4.69) is 9.82 Å². The zero-order valence-electron chi connectivity index (χ0n) is 12.1. The standard InChI is InChI=1S/C14H10Cl2FN3O4/c1-6(11-8(15)2-3-9(17)12(11)16)23-10-4-7(5-19-13(10)18)14(21)24-20-22/h2-6H,1H3,(H2,18,19). The van der Waals surface area contributed by atoms with Crippen molar-refractivity contribution in [3.05, 3.63) is 56.3 Å². The third-order valence-electron chi connectivity index (χ3n) is 3.03. The Hall–Kier alpha value is -2.45. The largest absolute Gasteiger partial charge is 0.482 e. The van der Waals surface area contributed by atoms with Gasteiger partial charge in [0, 0.05) is 22.8 Å². The van der Waals surface area contributed by atoms with Crippen LogP contribution in [-0.2, 0) is 4.84 Å². The van der Waals surface area contributed by atoms with Gasteiger partial charge in [-0.05, 0) is 19.1 Å². The van der Waals surface area contributed by atoms with Crippen molar-refractivity contribution in [3.8, 4) is 5.75 Å². The second-order valence-electron chi connectivity index (χ2n) is 4.58. The van der Waals surface area contributed by atoms with E-state index in [9.17, 15) is 14.1 Å². The average Bonchev–Trinajstić information content (AvgIpc) is 2.53. The minimum absolute atomic E-state index is 0.000700. The lowest BCUT2D eigenvalue weighted by atomic mass is 10.1. The van der Waals surface area contributed by atoms with E-state index in [1.54, 1.807) is 6.92 Å². The molecule has 0 saturated carbocycles. The first-order valence-corrected chi connectivity index (χ1v) is 7.20. The van der Waals surface area contributed by atoms with Crippen LogP contribution in [0.1, 0.15) is 28.9 Å². The molecule has 0 bridgehead atoms. The molecule has 0 radical (unpaired) electrons. The molecule has 7 nitrogen and oxygen atoms in total. The number of nitrogens with zero attached hydrogens (tertiary/aromatic N) is 2. The smallest absolute Gasteiger partial charge is 0.370 e. The molecule has 2 rings (SSSR count). The Kier molecular flexibility index (Phi) is 5.53. The molecule has 0 amide bonds. The quantitative estimate of drug-likeness (QED) is 0.480. The van der Waals surface area contributed by atoms with Gasteiger partial charge < -0.3 is 10.5 Å². The van der Waals surface area contributed by atoms with Gasteiger partial charge in [-0.3, -0.25) is 4.84 Å². The Morgan fingerprint density at radius 1 is 1.42 bits per heavy atom. The number of carbonyl (C=O) groups excluding carboxylic acids is 1. The highest BCUT2D eigenvalue weighted by atomic mass is 35.5. The van der Waals surface area contributed by atoms with E-state index in [1.807, 2.05) is 5.34 Å². The monoisotopic (exact) mass is 373 g/mol. The van der Waals surface area contributed by atoms with Crippen molar-refractivity contribution < 1.29 is 18.8 Å². The van der Waals surface area contributed by atoms with Crippen LogP contribution in [0.5, 0.6) is 5.75 Å². The Morgan fingerprint density at radius 3 is 2.79 bits per heavy atom. The van der Waals surface area contributed by atoms with Gasteiger partial charge in [0.25, 0.3) is 0 Å². The summed E-state index contributed by atoms with van der Waals surface area (Å²) in [6, 6.07) is 3.66. The molecule has 1 unspecified atom stereocenters. The highest BCUT2D eigenvalue weighted by molar-refractivity contribution is 6.36. The third-order valence-corrected chi connectivity index (χ3v) is 3.74. The van der Waals surface area contributed by atoms with Gasteiger partial charge in [0.15, 0.2) is 16.9 Å². The molecule has 126 valence electrons. The summed E-state index contributed by atoms with van der Waals surface area (Å²) in [5.41, 5.74) is 5.78. The van der Waals surface area contributed by atoms with Crippen LogP contribution in [0, 0.1) is 10.7 Å². The number of pyridine rings is 1. The van der Waals surface area contributed by atoms with E-state index in [0.717, 1.165) is 12.3 Å². The molecule has 1 atom stereocenters. The molecule has 0 aliphatic heterocycles. The summed E-state index contributed by atoms with van der Waals surface area (Å²) < 4.78 is 19.2. The number of nitrogen functional groups attached to an aromatic ring is 1. The van der Waals surface area contributed by atoms with E-state index < -0.39 is 17.9 Å². The minimum Gasteiger partial charge on any atom is -0.482 e. The van der Waals surface area contributed by atoms with Crippen molar-refractivity contribution in [3.63, 3.8) is 0 Å². The third kappa shape index (κ3) is 3.72. The number of benzene rings is 1. The van der Waals surface area contributed by atoms with E-state index in [4.69, 9.17) is 33.7 Å². The van der Waals surface area contributed by atoms with Crippen LogP contribution in [0.15, 0.2) is 29.7 Å². The van der Waals surface area contributed by atoms with Crippen molar-refractivity contribution in [1.29, 1.82) is 0 Å². The van der Waals surface area contributed by atoms with Gasteiger partial charge in [0.1, 0.15) is 11.9 Å². The summed E-state index contributed by atoms with van der Waals surface area (Å²) in [5, 5.41) is 2.03. The number of rotatable bonds is 5. The average molecular weight is 374 g/mol. The molecule has 0 aliphatic rings. The number of hydrogen-bond acceptors (Lipinski definition) is 7. The number of hydrogen-bond donors (Lipinski definition) is 1. The molecule has 10 heteroatoms. The van der Waals surface area contributed by atoms with Crippen molar-refractivity contribution in [2.75, 3.05) is 5.73 Å². The lowest BCUT2D eigenvalue weighted by Crippen LogP contribution is -2.09. The summed E-state index contributed by atoms with van der Waals surface area (Å²) in [4.78, 5) is 29.2.